The third-order valence-electron chi connectivity index (χ3n) is 4.57. The molecule has 0 aromatic heterocycles. The Morgan fingerprint density at radius 2 is 1.27 bits per heavy atom. The molecule has 0 aliphatic rings. The average molecular weight is 355 g/mol. The highest BCUT2D eigenvalue weighted by Crippen LogP contribution is 2.31. The smallest absolute Gasteiger partial charge is 0.127 e. The Morgan fingerprint density at radius 1 is 0.615 bits per heavy atom. The van der Waals surface area contributed by atoms with E-state index in [0.717, 1.165) is 49.5 Å². The van der Waals surface area contributed by atoms with Crippen LogP contribution in [0.1, 0.15) is 65.2 Å². The summed E-state index contributed by atoms with van der Waals surface area (Å²) in [4.78, 5) is 0. The second kappa shape index (κ2) is 12.4. The van der Waals surface area contributed by atoms with Gasteiger partial charge in [-0.1, -0.05) is 82.7 Å². The zero-order valence-corrected chi connectivity index (χ0v) is 16.5. The number of hydrogen-bond acceptors (Lipinski definition) is 2. The molecule has 0 unspecified atom stereocenters. The van der Waals surface area contributed by atoms with Crippen LogP contribution in [0, 0.1) is 0 Å². The van der Waals surface area contributed by atoms with Crippen LogP contribution in [0.5, 0.6) is 11.5 Å². The molecule has 0 fully saturated rings. The summed E-state index contributed by atoms with van der Waals surface area (Å²) in [6.45, 7) is 6.01. The molecule has 0 atom stereocenters. The standard InChI is InChI=1S/C24H34O2/c1-3-5-7-8-9-12-20-25-22-17-15-21(16-18-22)23-13-10-11-14-24(23)26-19-6-4-2/h10-11,13-18H,3-9,12,19-20H2,1-2H3. The first-order chi connectivity index (χ1) is 12.8. The molecule has 0 aliphatic carbocycles. The maximum atomic E-state index is 5.95. The van der Waals surface area contributed by atoms with Crippen LogP contribution in [-0.2, 0) is 0 Å². The van der Waals surface area contributed by atoms with Crippen LogP contribution < -0.4 is 9.47 Å². The van der Waals surface area contributed by atoms with Gasteiger partial charge in [-0.2, -0.15) is 0 Å². The van der Waals surface area contributed by atoms with E-state index in [1.807, 2.05) is 12.1 Å². The van der Waals surface area contributed by atoms with Crippen molar-refractivity contribution in [3.63, 3.8) is 0 Å². The van der Waals surface area contributed by atoms with E-state index in [0.29, 0.717) is 0 Å². The second-order valence-corrected chi connectivity index (χ2v) is 6.84. The summed E-state index contributed by atoms with van der Waals surface area (Å²) in [5.41, 5.74) is 2.31. The molecule has 0 N–H and O–H groups in total. The van der Waals surface area contributed by atoms with Gasteiger partial charge in [-0.05, 0) is 36.6 Å². The van der Waals surface area contributed by atoms with E-state index in [-0.39, 0.29) is 0 Å². The summed E-state index contributed by atoms with van der Waals surface area (Å²) in [5, 5.41) is 0. The molecular weight excluding hydrogens is 320 g/mol. The number of unbranched alkanes of at least 4 members (excludes halogenated alkanes) is 6. The van der Waals surface area contributed by atoms with E-state index in [4.69, 9.17) is 9.47 Å². The van der Waals surface area contributed by atoms with E-state index in [1.165, 1.54) is 37.7 Å². The van der Waals surface area contributed by atoms with Gasteiger partial charge in [0.2, 0.25) is 0 Å². The Bertz CT molecular complexity index is 604. The van der Waals surface area contributed by atoms with Crippen molar-refractivity contribution >= 4 is 0 Å². The minimum absolute atomic E-state index is 0.771. The zero-order chi connectivity index (χ0) is 18.5. The van der Waals surface area contributed by atoms with Crippen molar-refractivity contribution in [2.24, 2.45) is 0 Å². The fraction of sp³-hybridized carbons (Fsp3) is 0.500. The molecule has 142 valence electrons. The van der Waals surface area contributed by atoms with Gasteiger partial charge in [-0.3, -0.25) is 0 Å². The van der Waals surface area contributed by atoms with E-state index in [9.17, 15) is 0 Å². The maximum Gasteiger partial charge on any atom is 0.127 e. The van der Waals surface area contributed by atoms with Crippen molar-refractivity contribution < 1.29 is 9.47 Å². The summed E-state index contributed by atoms with van der Waals surface area (Å²) < 4.78 is 11.8. The van der Waals surface area contributed by atoms with Crippen LogP contribution in [0.3, 0.4) is 0 Å². The van der Waals surface area contributed by atoms with Crippen LogP contribution in [0.4, 0.5) is 0 Å². The highest BCUT2D eigenvalue weighted by molar-refractivity contribution is 5.70. The third-order valence-corrected chi connectivity index (χ3v) is 4.57. The van der Waals surface area contributed by atoms with Gasteiger partial charge in [-0.25, -0.2) is 0 Å². The minimum atomic E-state index is 0.771. The lowest BCUT2D eigenvalue weighted by Crippen LogP contribution is -1.98. The lowest BCUT2D eigenvalue weighted by Gasteiger charge is -2.12. The van der Waals surface area contributed by atoms with Gasteiger partial charge in [0, 0.05) is 5.56 Å². The van der Waals surface area contributed by atoms with E-state index < -0.39 is 0 Å². The minimum Gasteiger partial charge on any atom is -0.494 e. The summed E-state index contributed by atoms with van der Waals surface area (Å²) in [7, 11) is 0. The van der Waals surface area contributed by atoms with Crippen LogP contribution in [0.2, 0.25) is 0 Å². The largest absolute Gasteiger partial charge is 0.494 e. The highest BCUT2D eigenvalue weighted by atomic mass is 16.5. The highest BCUT2D eigenvalue weighted by Gasteiger charge is 2.06. The van der Waals surface area contributed by atoms with Crippen molar-refractivity contribution in [3.8, 4) is 22.6 Å². The first kappa shape index (κ1) is 20.4. The lowest BCUT2D eigenvalue weighted by molar-refractivity contribution is 0.304. The molecule has 0 heterocycles. The number of benzene rings is 2. The molecule has 0 spiro atoms. The third kappa shape index (κ3) is 7.11. The molecule has 0 aliphatic heterocycles. The molecule has 2 rings (SSSR count). The van der Waals surface area contributed by atoms with Crippen LogP contribution in [-0.4, -0.2) is 13.2 Å². The van der Waals surface area contributed by atoms with Gasteiger partial charge in [0.25, 0.3) is 0 Å². The van der Waals surface area contributed by atoms with Gasteiger partial charge < -0.3 is 9.47 Å². The van der Waals surface area contributed by atoms with Crippen LogP contribution in [0.15, 0.2) is 48.5 Å². The average Bonchev–Trinajstić information content (AvgIpc) is 2.68. The number of rotatable bonds is 13. The normalized spacial score (nSPS) is 10.7. The van der Waals surface area contributed by atoms with E-state index in [2.05, 4.69) is 50.2 Å². The zero-order valence-electron chi connectivity index (χ0n) is 16.5. The summed E-state index contributed by atoms with van der Waals surface area (Å²) >= 11 is 0. The van der Waals surface area contributed by atoms with Crippen molar-refractivity contribution in [3.05, 3.63) is 48.5 Å². The fourth-order valence-electron chi connectivity index (χ4n) is 2.96. The first-order valence-electron chi connectivity index (χ1n) is 10.3. The Hall–Kier alpha value is -1.96. The topological polar surface area (TPSA) is 18.5 Å². The number of ether oxygens (including phenoxy) is 2. The maximum absolute atomic E-state index is 5.95. The quantitative estimate of drug-likeness (QED) is 0.352. The van der Waals surface area contributed by atoms with Gasteiger partial charge >= 0.3 is 0 Å². The second-order valence-electron chi connectivity index (χ2n) is 6.84. The van der Waals surface area contributed by atoms with E-state index in [1.54, 1.807) is 0 Å². The van der Waals surface area contributed by atoms with Crippen LogP contribution in [0.25, 0.3) is 11.1 Å². The van der Waals surface area contributed by atoms with Gasteiger partial charge in [0.15, 0.2) is 0 Å². The SMILES string of the molecule is CCCCCCCCOc1ccc(-c2ccccc2OCCCC)cc1. The van der Waals surface area contributed by atoms with Crippen molar-refractivity contribution in [1.82, 2.24) is 0 Å². The van der Waals surface area contributed by atoms with Gasteiger partial charge in [0.1, 0.15) is 11.5 Å². The summed E-state index contributed by atoms with van der Waals surface area (Å²) in [6, 6.07) is 16.6. The molecule has 0 radical (unpaired) electrons. The Balaban J connectivity index is 1.83. The predicted molar refractivity (Wildman–Crippen MR) is 111 cm³/mol. The van der Waals surface area contributed by atoms with Crippen molar-refractivity contribution in [2.45, 2.75) is 65.2 Å². The Labute approximate surface area is 159 Å². The van der Waals surface area contributed by atoms with E-state index >= 15 is 0 Å². The van der Waals surface area contributed by atoms with Gasteiger partial charge in [0.05, 0.1) is 13.2 Å². The number of para-hydroxylation sites is 1. The molecule has 0 bridgehead atoms. The monoisotopic (exact) mass is 354 g/mol. The van der Waals surface area contributed by atoms with Crippen molar-refractivity contribution in [2.75, 3.05) is 13.2 Å². The first-order valence-corrected chi connectivity index (χ1v) is 10.3. The predicted octanol–water partition coefficient (Wildman–Crippen LogP) is 7.27. The van der Waals surface area contributed by atoms with Crippen molar-refractivity contribution in [1.29, 1.82) is 0 Å². The molecule has 2 nitrogen and oxygen atoms in total. The van der Waals surface area contributed by atoms with Gasteiger partial charge in [-0.15, -0.1) is 0 Å². The summed E-state index contributed by atoms with van der Waals surface area (Å²) in [5.74, 6) is 1.91. The molecule has 2 aromatic carbocycles. The molecule has 0 amide bonds. The molecule has 0 saturated carbocycles. The Morgan fingerprint density at radius 3 is 2.04 bits per heavy atom. The molecule has 2 aromatic rings. The fourth-order valence-corrected chi connectivity index (χ4v) is 2.96. The molecular formula is C24H34O2. The number of hydrogen-bond donors (Lipinski definition) is 0. The molecule has 26 heavy (non-hydrogen) atoms. The molecule has 2 heteroatoms. The van der Waals surface area contributed by atoms with Crippen LogP contribution >= 0.6 is 0 Å². The lowest BCUT2D eigenvalue weighted by atomic mass is 10.0. The summed E-state index contributed by atoms with van der Waals surface area (Å²) in [6.07, 6.45) is 9.96. The molecule has 0 saturated heterocycles. The Kier molecular flexibility index (Phi) is 9.71.